The number of nitrogens with one attached hydrogen (secondary N) is 1. The van der Waals surface area contributed by atoms with E-state index in [1.807, 2.05) is 53.2 Å². The quantitative estimate of drug-likeness (QED) is 0.566. The molecular weight excluding hydrogens is 350 g/mol. The maximum absolute atomic E-state index is 12.2. The standard InChI is InChI=1S/C18H17N5O2S/c1-12-13(20-18(25-12)14-5-4-10-26-14)11-17(24)19-8-7-16-22-21-15-6-2-3-9-23(15)16/h2-6,9-10H,7-8,11H2,1H3,(H,19,24). The molecule has 0 aliphatic heterocycles. The van der Waals surface area contributed by atoms with Crippen LogP contribution in [-0.2, 0) is 17.6 Å². The number of aromatic nitrogens is 4. The zero-order valence-electron chi connectivity index (χ0n) is 14.2. The summed E-state index contributed by atoms with van der Waals surface area (Å²) in [7, 11) is 0. The van der Waals surface area contributed by atoms with Gasteiger partial charge >= 0.3 is 0 Å². The van der Waals surface area contributed by atoms with E-state index >= 15 is 0 Å². The third-order valence-corrected chi connectivity index (χ3v) is 4.87. The number of nitrogens with zero attached hydrogens (tertiary/aromatic N) is 4. The van der Waals surface area contributed by atoms with Crippen LogP contribution in [0.1, 0.15) is 17.3 Å². The van der Waals surface area contributed by atoms with Crippen molar-refractivity contribution in [2.45, 2.75) is 19.8 Å². The van der Waals surface area contributed by atoms with E-state index in [1.54, 1.807) is 11.3 Å². The van der Waals surface area contributed by atoms with Crippen molar-refractivity contribution >= 4 is 22.9 Å². The highest BCUT2D eigenvalue weighted by Gasteiger charge is 2.15. The van der Waals surface area contributed by atoms with Gasteiger partial charge in [0.25, 0.3) is 0 Å². The number of amides is 1. The van der Waals surface area contributed by atoms with Gasteiger partial charge in [0.05, 0.1) is 17.0 Å². The maximum atomic E-state index is 12.2. The molecule has 0 saturated heterocycles. The highest BCUT2D eigenvalue weighted by atomic mass is 32.1. The SMILES string of the molecule is Cc1oc(-c2cccs2)nc1CC(=O)NCCc1nnc2ccccn12. The monoisotopic (exact) mass is 367 g/mol. The first-order valence-corrected chi connectivity index (χ1v) is 9.14. The minimum Gasteiger partial charge on any atom is -0.440 e. The maximum Gasteiger partial charge on any atom is 0.236 e. The third-order valence-electron chi connectivity index (χ3n) is 4.01. The third kappa shape index (κ3) is 3.36. The Morgan fingerprint density at radius 1 is 1.27 bits per heavy atom. The molecule has 0 saturated carbocycles. The summed E-state index contributed by atoms with van der Waals surface area (Å²) in [6.07, 6.45) is 2.72. The van der Waals surface area contributed by atoms with Crippen LogP contribution in [0.15, 0.2) is 46.3 Å². The van der Waals surface area contributed by atoms with E-state index in [2.05, 4.69) is 20.5 Å². The Morgan fingerprint density at radius 3 is 3.04 bits per heavy atom. The number of pyridine rings is 1. The molecule has 0 atom stereocenters. The lowest BCUT2D eigenvalue weighted by Gasteiger charge is -2.03. The highest BCUT2D eigenvalue weighted by molar-refractivity contribution is 7.13. The van der Waals surface area contributed by atoms with Crippen molar-refractivity contribution in [1.82, 2.24) is 24.9 Å². The lowest BCUT2D eigenvalue weighted by Crippen LogP contribution is -2.28. The summed E-state index contributed by atoms with van der Waals surface area (Å²) < 4.78 is 7.59. The predicted molar refractivity (Wildman–Crippen MR) is 98.0 cm³/mol. The summed E-state index contributed by atoms with van der Waals surface area (Å²) in [6, 6.07) is 9.63. The fraction of sp³-hybridized carbons (Fsp3) is 0.222. The van der Waals surface area contributed by atoms with Gasteiger partial charge in [0.2, 0.25) is 11.8 Å². The topological polar surface area (TPSA) is 85.3 Å². The van der Waals surface area contributed by atoms with Crippen molar-refractivity contribution in [1.29, 1.82) is 0 Å². The molecule has 26 heavy (non-hydrogen) atoms. The first-order chi connectivity index (χ1) is 12.7. The molecule has 0 aromatic carbocycles. The van der Waals surface area contributed by atoms with Crippen LogP contribution < -0.4 is 5.32 Å². The van der Waals surface area contributed by atoms with Gasteiger partial charge in [-0.15, -0.1) is 21.5 Å². The van der Waals surface area contributed by atoms with Crippen LogP contribution in [0.5, 0.6) is 0 Å². The Balaban J connectivity index is 1.34. The zero-order valence-corrected chi connectivity index (χ0v) is 15.0. The minimum absolute atomic E-state index is 0.0899. The fourth-order valence-corrected chi connectivity index (χ4v) is 3.34. The molecule has 4 aromatic heterocycles. The lowest BCUT2D eigenvalue weighted by atomic mass is 10.2. The molecule has 0 bridgehead atoms. The average molecular weight is 367 g/mol. The predicted octanol–water partition coefficient (Wildman–Crippen LogP) is 2.66. The lowest BCUT2D eigenvalue weighted by molar-refractivity contribution is -0.120. The molecule has 4 aromatic rings. The Hall–Kier alpha value is -3.00. The second-order valence-electron chi connectivity index (χ2n) is 5.82. The van der Waals surface area contributed by atoms with Crippen LogP contribution in [0.2, 0.25) is 0 Å². The van der Waals surface area contributed by atoms with Gasteiger partial charge in [-0.2, -0.15) is 0 Å². The van der Waals surface area contributed by atoms with Crippen molar-refractivity contribution < 1.29 is 9.21 Å². The van der Waals surface area contributed by atoms with Gasteiger partial charge in [-0.25, -0.2) is 4.98 Å². The first-order valence-electron chi connectivity index (χ1n) is 8.26. The van der Waals surface area contributed by atoms with Crippen molar-refractivity contribution in [2.75, 3.05) is 6.54 Å². The molecule has 0 fully saturated rings. The van der Waals surface area contributed by atoms with Gasteiger partial charge in [-0.3, -0.25) is 9.20 Å². The molecule has 8 heteroatoms. The number of rotatable bonds is 6. The molecule has 7 nitrogen and oxygen atoms in total. The van der Waals surface area contributed by atoms with Crippen molar-refractivity contribution in [3.05, 3.63) is 59.2 Å². The summed E-state index contributed by atoms with van der Waals surface area (Å²) in [5, 5.41) is 13.1. The number of aryl methyl sites for hydroxylation is 1. The number of oxazole rings is 1. The van der Waals surface area contributed by atoms with Crippen molar-refractivity contribution in [3.8, 4) is 10.8 Å². The first kappa shape index (κ1) is 16.5. The van der Waals surface area contributed by atoms with Gasteiger partial charge < -0.3 is 9.73 Å². The number of carbonyl (C=O) groups is 1. The molecule has 0 unspecified atom stereocenters. The summed E-state index contributed by atoms with van der Waals surface area (Å²) in [5.74, 6) is 1.97. The molecule has 0 aliphatic rings. The van der Waals surface area contributed by atoms with E-state index in [-0.39, 0.29) is 12.3 Å². The van der Waals surface area contributed by atoms with Crippen LogP contribution in [0.25, 0.3) is 16.4 Å². The van der Waals surface area contributed by atoms with E-state index < -0.39 is 0 Å². The zero-order chi connectivity index (χ0) is 17.9. The molecule has 132 valence electrons. The molecule has 4 rings (SSSR count). The molecular formula is C18H17N5O2S. The second kappa shape index (κ2) is 7.09. The van der Waals surface area contributed by atoms with E-state index in [0.29, 0.717) is 30.3 Å². The summed E-state index contributed by atoms with van der Waals surface area (Å²) in [6.45, 7) is 2.32. The number of carbonyl (C=O) groups excluding carboxylic acids is 1. The number of hydrogen-bond acceptors (Lipinski definition) is 6. The van der Waals surface area contributed by atoms with E-state index in [1.165, 1.54) is 0 Å². The molecule has 1 N–H and O–H groups in total. The Bertz CT molecular complexity index is 1040. The van der Waals surface area contributed by atoms with Crippen LogP contribution >= 0.6 is 11.3 Å². The molecule has 4 heterocycles. The van der Waals surface area contributed by atoms with E-state index in [0.717, 1.165) is 16.3 Å². The highest BCUT2D eigenvalue weighted by Crippen LogP contribution is 2.25. The molecule has 0 radical (unpaired) electrons. The Labute approximate surface area is 153 Å². The van der Waals surface area contributed by atoms with Crippen LogP contribution in [-0.4, -0.2) is 32.0 Å². The van der Waals surface area contributed by atoms with Crippen LogP contribution in [0.3, 0.4) is 0 Å². The van der Waals surface area contributed by atoms with Gasteiger partial charge in [0, 0.05) is 19.2 Å². The largest absolute Gasteiger partial charge is 0.440 e. The van der Waals surface area contributed by atoms with Gasteiger partial charge in [-0.1, -0.05) is 12.1 Å². The number of hydrogen-bond donors (Lipinski definition) is 1. The number of thiophene rings is 1. The normalized spacial score (nSPS) is 11.1. The average Bonchev–Trinajstić information content (AvgIpc) is 3.36. The summed E-state index contributed by atoms with van der Waals surface area (Å²) in [5.41, 5.74) is 1.46. The van der Waals surface area contributed by atoms with Crippen molar-refractivity contribution in [3.63, 3.8) is 0 Å². The second-order valence-corrected chi connectivity index (χ2v) is 6.77. The molecule has 1 amide bonds. The van der Waals surface area contributed by atoms with Crippen molar-refractivity contribution in [2.24, 2.45) is 0 Å². The van der Waals surface area contributed by atoms with E-state index in [9.17, 15) is 4.79 Å². The van der Waals surface area contributed by atoms with Crippen LogP contribution in [0.4, 0.5) is 0 Å². The minimum atomic E-state index is -0.0899. The van der Waals surface area contributed by atoms with Gasteiger partial charge in [0.15, 0.2) is 5.65 Å². The number of fused-ring (bicyclic) bond motifs is 1. The Morgan fingerprint density at radius 2 is 2.19 bits per heavy atom. The van der Waals surface area contributed by atoms with Gasteiger partial charge in [0.1, 0.15) is 11.6 Å². The molecule has 0 spiro atoms. The van der Waals surface area contributed by atoms with Gasteiger partial charge in [-0.05, 0) is 30.5 Å². The molecule has 0 aliphatic carbocycles. The summed E-state index contributed by atoms with van der Waals surface area (Å²) in [4.78, 5) is 17.6. The van der Waals surface area contributed by atoms with Crippen LogP contribution in [0, 0.1) is 6.92 Å². The Kier molecular flexibility index (Phi) is 4.49. The smallest absolute Gasteiger partial charge is 0.236 e. The van der Waals surface area contributed by atoms with E-state index in [4.69, 9.17) is 4.42 Å². The summed E-state index contributed by atoms with van der Waals surface area (Å²) >= 11 is 1.56. The fourth-order valence-electron chi connectivity index (χ4n) is 2.69.